The van der Waals surface area contributed by atoms with Gasteiger partial charge in [-0.25, -0.2) is 13.6 Å². The molecule has 1 aromatic carbocycles. The molecule has 0 aromatic heterocycles. The van der Waals surface area contributed by atoms with Crippen molar-refractivity contribution in [2.24, 2.45) is 5.14 Å². The minimum absolute atomic E-state index is 0.113. The van der Waals surface area contributed by atoms with Gasteiger partial charge in [-0.3, -0.25) is 0 Å². The third-order valence-electron chi connectivity index (χ3n) is 2.50. The smallest absolute Gasteiger partial charge is 0.238 e. The number of hydrogen-bond donors (Lipinski definition) is 1. The lowest BCUT2D eigenvalue weighted by Crippen LogP contribution is -2.13. The maximum Gasteiger partial charge on any atom is 0.238 e. The van der Waals surface area contributed by atoms with E-state index in [1.54, 1.807) is 21.0 Å². The Hall–Kier alpha value is -1.11. The molecule has 6 heteroatoms. The molecule has 0 aliphatic rings. The molecule has 102 valence electrons. The van der Waals surface area contributed by atoms with E-state index in [4.69, 9.17) is 14.6 Å². The van der Waals surface area contributed by atoms with Crippen molar-refractivity contribution in [2.75, 3.05) is 20.3 Å². The van der Waals surface area contributed by atoms with Crippen molar-refractivity contribution in [3.05, 3.63) is 23.3 Å². The Bertz CT molecular complexity index is 488. The van der Waals surface area contributed by atoms with E-state index in [0.717, 1.165) is 17.5 Å². The van der Waals surface area contributed by atoms with Gasteiger partial charge in [0.15, 0.2) is 0 Å². The average Bonchev–Trinajstić information content (AvgIpc) is 2.25. The third-order valence-corrected chi connectivity index (χ3v) is 3.39. The number of benzene rings is 1. The maximum absolute atomic E-state index is 11.3. The lowest BCUT2D eigenvalue weighted by Gasteiger charge is -2.13. The van der Waals surface area contributed by atoms with Crippen LogP contribution in [0.25, 0.3) is 0 Å². The number of aryl methyl sites for hydroxylation is 2. The van der Waals surface area contributed by atoms with Crippen LogP contribution in [0.4, 0.5) is 0 Å². The molecule has 0 aliphatic carbocycles. The number of ether oxygens (including phenoxy) is 2. The summed E-state index contributed by atoms with van der Waals surface area (Å²) in [6.45, 7) is 4.76. The Labute approximate surface area is 108 Å². The van der Waals surface area contributed by atoms with E-state index in [9.17, 15) is 8.42 Å². The lowest BCUT2D eigenvalue weighted by molar-refractivity contribution is 0.171. The molecule has 0 saturated carbocycles. The summed E-state index contributed by atoms with van der Waals surface area (Å²) < 4.78 is 33.1. The molecule has 0 bridgehead atoms. The minimum atomic E-state index is -3.67. The second-order valence-corrected chi connectivity index (χ2v) is 5.69. The number of primary sulfonamides is 1. The van der Waals surface area contributed by atoms with E-state index >= 15 is 0 Å². The molecule has 0 aliphatic heterocycles. The van der Waals surface area contributed by atoms with Crippen LogP contribution in [-0.4, -0.2) is 28.7 Å². The summed E-state index contributed by atoms with van der Waals surface area (Å²) >= 11 is 0. The molecular weight excluding hydrogens is 254 g/mol. The first-order valence-electron chi connectivity index (χ1n) is 5.62. The van der Waals surface area contributed by atoms with Crippen molar-refractivity contribution in [1.29, 1.82) is 0 Å². The Morgan fingerprint density at radius 3 is 2.17 bits per heavy atom. The van der Waals surface area contributed by atoms with Crippen molar-refractivity contribution in [3.8, 4) is 5.75 Å². The van der Waals surface area contributed by atoms with Crippen LogP contribution in [-0.2, 0) is 14.8 Å². The molecule has 2 N–H and O–H groups in total. The molecule has 0 atom stereocenters. The van der Waals surface area contributed by atoms with Crippen LogP contribution in [0, 0.1) is 13.8 Å². The van der Waals surface area contributed by atoms with Gasteiger partial charge in [0.1, 0.15) is 5.75 Å². The molecule has 18 heavy (non-hydrogen) atoms. The SMILES string of the molecule is COCCCOc1c(C)cc(S(N)(=O)=O)cc1C. The fraction of sp³-hybridized carbons (Fsp3) is 0.500. The van der Waals surface area contributed by atoms with E-state index in [0.29, 0.717) is 19.0 Å². The van der Waals surface area contributed by atoms with Gasteiger partial charge in [0.2, 0.25) is 10.0 Å². The zero-order valence-electron chi connectivity index (χ0n) is 10.9. The van der Waals surface area contributed by atoms with Crippen molar-refractivity contribution < 1.29 is 17.9 Å². The first-order valence-corrected chi connectivity index (χ1v) is 7.16. The summed E-state index contributed by atoms with van der Waals surface area (Å²) in [6, 6.07) is 3.04. The normalized spacial score (nSPS) is 11.6. The molecule has 1 aromatic rings. The standard InChI is InChI=1S/C12H19NO4S/c1-9-7-11(18(13,14)15)8-10(2)12(9)17-6-4-5-16-3/h7-8H,4-6H2,1-3H3,(H2,13,14,15). The second kappa shape index (κ2) is 6.17. The highest BCUT2D eigenvalue weighted by atomic mass is 32.2. The van der Waals surface area contributed by atoms with Gasteiger partial charge >= 0.3 is 0 Å². The second-order valence-electron chi connectivity index (χ2n) is 4.13. The Morgan fingerprint density at radius 1 is 1.17 bits per heavy atom. The number of hydrogen-bond acceptors (Lipinski definition) is 4. The predicted octanol–water partition coefficient (Wildman–Crippen LogP) is 1.37. The van der Waals surface area contributed by atoms with E-state index in [1.165, 1.54) is 12.1 Å². The zero-order valence-corrected chi connectivity index (χ0v) is 11.7. The average molecular weight is 273 g/mol. The molecule has 0 unspecified atom stereocenters. The van der Waals surface area contributed by atoms with Gasteiger partial charge in [-0.05, 0) is 37.1 Å². The first kappa shape index (κ1) is 14.9. The van der Waals surface area contributed by atoms with E-state index in [-0.39, 0.29) is 4.90 Å². The van der Waals surface area contributed by atoms with Crippen LogP contribution in [0.15, 0.2) is 17.0 Å². The lowest BCUT2D eigenvalue weighted by atomic mass is 10.1. The quantitative estimate of drug-likeness (QED) is 0.794. The number of nitrogens with two attached hydrogens (primary N) is 1. The highest BCUT2D eigenvalue weighted by molar-refractivity contribution is 7.89. The summed E-state index contributed by atoms with van der Waals surface area (Å²) in [7, 11) is -2.03. The van der Waals surface area contributed by atoms with Crippen LogP contribution in [0.3, 0.4) is 0 Å². The number of rotatable bonds is 6. The fourth-order valence-corrected chi connectivity index (χ4v) is 2.36. The topological polar surface area (TPSA) is 78.6 Å². The number of methoxy groups -OCH3 is 1. The van der Waals surface area contributed by atoms with Crippen molar-refractivity contribution in [1.82, 2.24) is 0 Å². The van der Waals surface area contributed by atoms with E-state index in [1.807, 2.05) is 0 Å². The molecule has 0 spiro atoms. The highest BCUT2D eigenvalue weighted by Gasteiger charge is 2.13. The van der Waals surface area contributed by atoms with Gasteiger partial charge in [-0.2, -0.15) is 0 Å². The summed E-state index contributed by atoms with van der Waals surface area (Å²) in [6.07, 6.45) is 0.784. The van der Waals surface area contributed by atoms with E-state index in [2.05, 4.69) is 0 Å². The maximum atomic E-state index is 11.3. The molecular formula is C12H19NO4S. The minimum Gasteiger partial charge on any atom is -0.493 e. The fourth-order valence-electron chi connectivity index (χ4n) is 1.68. The monoisotopic (exact) mass is 273 g/mol. The molecule has 0 radical (unpaired) electrons. The first-order chi connectivity index (χ1) is 8.36. The third kappa shape index (κ3) is 3.97. The van der Waals surface area contributed by atoms with Gasteiger partial charge in [0, 0.05) is 20.1 Å². The Kier molecular flexibility index (Phi) is 5.13. The van der Waals surface area contributed by atoms with Gasteiger partial charge in [0.05, 0.1) is 11.5 Å². The number of sulfonamides is 1. The van der Waals surface area contributed by atoms with Crippen molar-refractivity contribution in [2.45, 2.75) is 25.2 Å². The summed E-state index contributed by atoms with van der Waals surface area (Å²) in [4.78, 5) is 0.113. The van der Waals surface area contributed by atoms with E-state index < -0.39 is 10.0 Å². The molecule has 0 saturated heterocycles. The summed E-state index contributed by atoms with van der Waals surface area (Å²) in [5, 5.41) is 5.10. The van der Waals surface area contributed by atoms with Gasteiger partial charge in [-0.15, -0.1) is 0 Å². The summed E-state index contributed by atoms with van der Waals surface area (Å²) in [5.74, 6) is 0.707. The molecule has 0 amide bonds. The van der Waals surface area contributed by atoms with Crippen LogP contribution >= 0.6 is 0 Å². The molecule has 0 heterocycles. The van der Waals surface area contributed by atoms with Gasteiger partial charge in [0.25, 0.3) is 0 Å². The van der Waals surface area contributed by atoms with Crippen LogP contribution in [0.5, 0.6) is 5.75 Å². The molecule has 1 rings (SSSR count). The summed E-state index contributed by atoms with van der Waals surface area (Å²) in [5.41, 5.74) is 1.52. The molecule has 0 fully saturated rings. The van der Waals surface area contributed by atoms with Gasteiger partial charge in [-0.1, -0.05) is 0 Å². The zero-order chi connectivity index (χ0) is 13.8. The molecule has 5 nitrogen and oxygen atoms in total. The largest absolute Gasteiger partial charge is 0.493 e. The highest BCUT2D eigenvalue weighted by Crippen LogP contribution is 2.26. The van der Waals surface area contributed by atoms with Crippen LogP contribution in [0.2, 0.25) is 0 Å². The Morgan fingerprint density at radius 2 is 1.72 bits per heavy atom. The van der Waals surface area contributed by atoms with Crippen LogP contribution in [0.1, 0.15) is 17.5 Å². The van der Waals surface area contributed by atoms with Crippen molar-refractivity contribution >= 4 is 10.0 Å². The van der Waals surface area contributed by atoms with Crippen molar-refractivity contribution in [3.63, 3.8) is 0 Å². The Balaban J connectivity index is 2.88. The predicted molar refractivity (Wildman–Crippen MR) is 69.3 cm³/mol. The van der Waals surface area contributed by atoms with Gasteiger partial charge < -0.3 is 9.47 Å². The van der Waals surface area contributed by atoms with Crippen LogP contribution < -0.4 is 9.88 Å².